The average molecular weight is 528 g/mol. The molecule has 0 bridgehead atoms. The first-order chi connectivity index (χ1) is 17.3. The minimum Gasteiger partial charge on any atom is -0.489 e. The number of piperidine rings is 1. The molecule has 2 heterocycles. The molecule has 0 spiro atoms. The Kier molecular flexibility index (Phi) is 7.29. The van der Waals surface area contributed by atoms with Crippen molar-refractivity contribution in [1.29, 1.82) is 0 Å². The van der Waals surface area contributed by atoms with Crippen LogP contribution in [-0.2, 0) is 17.8 Å². The summed E-state index contributed by atoms with van der Waals surface area (Å²) >= 11 is 13.2. The summed E-state index contributed by atoms with van der Waals surface area (Å²) in [6.45, 7) is 5.34. The molecule has 0 radical (unpaired) electrons. The van der Waals surface area contributed by atoms with E-state index in [4.69, 9.17) is 27.9 Å². The van der Waals surface area contributed by atoms with Crippen LogP contribution in [0.5, 0.6) is 5.75 Å². The van der Waals surface area contributed by atoms with Gasteiger partial charge < -0.3 is 15.2 Å². The van der Waals surface area contributed by atoms with E-state index in [0.29, 0.717) is 24.6 Å². The number of carboxylic acids is 1. The van der Waals surface area contributed by atoms with Gasteiger partial charge in [-0.1, -0.05) is 29.3 Å². The minimum atomic E-state index is -0.697. The topological polar surface area (TPSA) is 76.4 Å². The van der Waals surface area contributed by atoms with E-state index in [1.807, 2.05) is 28.9 Å². The lowest BCUT2D eigenvalue weighted by atomic mass is 9.84. The Morgan fingerprint density at radius 1 is 1.22 bits per heavy atom. The predicted molar refractivity (Wildman–Crippen MR) is 144 cm³/mol. The first kappa shape index (κ1) is 25.1. The summed E-state index contributed by atoms with van der Waals surface area (Å²) in [4.78, 5) is 11.4. The number of carbonyl (C=O) groups is 1. The SMILES string of the molecule is CC(C)n1nc(Cl)c2cc(COc3ccc4c(c3)CCC(CC3CC(C(=O)O)CCN3)=C4Cl)ccc21. The van der Waals surface area contributed by atoms with Crippen LogP contribution in [0.3, 0.4) is 0 Å². The lowest BCUT2D eigenvalue weighted by Crippen LogP contribution is -2.40. The Labute approximate surface area is 221 Å². The molecular weight excluding hydrogens is 497 g/mol. The van der Waals surface area contributed by atoms with Crippen molar-refractivity contribution in [3.05, 3.63) is 63.8 Å². The molecule has 2 N–H and O–H groups in total. The molecule has 2 aliphatic rings. The maximum Gasteiger partial charge on any atom is 0.306 e. The maximum atomic E-state index is 11.4. The fourth-order valence-corrected chi connectivity index (χ4v) is 5.93. The number of nitrogens with one attached hydrogen (secondary N) is 1. The Morgan fingerprint density at radius 2 is 2.06 bits per heavy atom. The quantitative estimate of drug-likeness (QED) is 0.362. The van der Waals surface area contributed by atoms with Crippen molar-refractivity contribution in [2.24, 2.45) is 5.92 Å². The second-order valence-electron chi connectivity index (χ2n) is 10.1. The summed E-state index contributed by atoms with van der Waals surface area (Å²) in [6, 6.07) is 12.6. The van der Waals surface area contributed by atoms with Crippen LogP contribution >= 0.6 is 23.2 Å². The van der Waals surface area contributed by atoms with E-state index >= 15 is 0 Å². The van der Waals surface area contributed by atoms with Crippen LogP contribution in [0.15, 0.2) is 42.0 Å². The highest BCUT2D eigenvalue weighted by atomic mass is 35.5. The van der Waals surface area contributed by atoms with Gasteiger partial charge in [-0.05, 0) is 105 Å². The number of aryl methyl sites for hydroxylation is 1. The number of benzene rings is 2. The van der Waals surface area contributed by atoms with Crippen molar-refractivity contribution in [3.63, 3.8) is 0 Å². The molecular formula is C28H31Cl2N3O3. The summed E-state index contributed by atoms with van der Waals surface area (Å²) in [5.41, 5.74) is 5.48. The summed E-state index contributed by atoms with van der Waals surface area (Å²) in [5, 5.41) is 19.5. The van der Waals surface area contributed by atoms with Crippen molar-refractivity contribution in [2.45, 2.75) is 64.6 Å². The third kappa shape index (κ3) is 5.13. The number of fused-ring (bicyclic) bond motifs is 2. The first-order valence-electron chi connectivity index (χ1n) is 12.6. The van der Waals surface area contributed by atoms with Crippen LogP contribution in [0.2, 0.25) is 5.15 Å². The van der Waals surface area contributed by atoms with Crippen molar-refractivity contribution in [2.75, 3.05) is 6.54 Å². The molecule has 1 aliphatic heterocycles. The van der Waals surface area contributed by atoms with E-state index in [1.54, 1.807) is 0 Å². The van der Waals surface area contributed by atoms with Gasteiger partial charge in [0, 0.05) is 22.5 Å². The molecule has 1 aliphatic carbocycles. The number of carboxylic acid groups (broad SMARTS) is 1. The Morgan fingerprint density at radius 3 is 2.83 bits per heavy atom. The minimum absolute atomic E-state index is 0.159. The normalized spacial score (nSPS) is 20.1. The number of nitrogens with zero attached hydrogens (tertiary/aromatic N) is 2. The van der Waals surface area contributed by atoms with Gasteiger partial charge in [-0.2, -0.15) is 5.10 Å². The van der Waals surface area contributed by atoms with Crippen LogP contribution in [0.1, 0.15) is 62.3 Å². The third-order valence-electron chi connectivity index (χ3n) is 7.28. The molecule has 8 heteroatoms. The molecule has 190 valence electrons. The molecule has 3 aromatic rings. The van der Waals surface area contributed by atoms with Crippen molar-refractivity contribution >= 4 is 45.1 Å². The molecule has 36 heavy (non-hydrogen) atoms. The lowest BCUT2D eigenvalue weighted by Gasteiger charge is -2.30. The van der Waals surface area contributed by atoms with E-state index in [2.05, 4.69) is 36.4 Å². The number of aromatic nitrogens is 2. The number of aliphatic carboxylic acids is 1. The van der Waals surface area contributed by atoms with Gasteiger partial charge in [0.2, 0.25) is 0 Å². The molecule has 1 aromatic heterocycles. The van der Waals surface area contributed by atoms with Crippen LogP contribution in [0.25, 0.3) is 15.9 Å². The zero-order valence-corrected chi connectivity index (χ0v) is 22.1. The highest BCUT2D eigenvalue weighted by Gasteiger charge is 2.28. The van der Waals surface area contributed by atoms with E-state index in [1.165, 1.54) is 11.1 Å². The highest BCUT2D eigenvalue weighted by molar-refractivity contribution is 6.49. The zero-order valence-electron chi connectivity index (χ0n) is 20.6. The summed E-state index contributed by atoms with van der Waals surface area (Å²) in [5.74, 6) is -0.157. The lowest BCUT2D eigenvalue weighted by molar-refractivity contribution is -0.142. The standard InChI is InChI=1S/C28H31Cl2N3O3/c1-16(2)33-25-8-3-17(11-24(25)27(30)32-33)15-36-22-6-7-23-18(14-22)4-5-19(26(23)29)12-21-13-20(28(34)35)9-10-31-21/h3,6-8,11,14,16,20-21,31H,4-5,9-10,12-13,15H2,1-2H3,(H,34,35). The van der Waals surface area contributed by atoms with Gasteiger partial charge in [-0.25, -0.2) is 0 Å². The molecule has 6 nitrogen and oxygen atoms in total. The van der Waals surface area contributed by atoms with E-state index in [9.17, 15) is 9.90 Å². The smallest absolute Gasteiger partial charge is 0.306 e. The molecule has 2 aromatic carbocycles. The average Bonchev–Trinajstić information content (AvgIpc) is 3.21. The number of halogens is 2. The fourth-order valence-electron chi connectivity index (χ4n) is 5.34. The van der Waals surface area contributed by atoms with Crippen LogP contribution in [-0.4, -0.2) is 33.4 Å². The Hall–Kier alpha value is -2.54. The van der Waals surface area contributed by atoms with Gasteiger partial charge in [0.15, 0.2) is 5.15 Å². The molecule has 0 amide bonds. The summed E-state index contributed by atoms with van der Waals surface area (Å²) in [7, 11) is 0. The highest BCUT2D eigenvalue weighted by Crippen LogP contribution is 2.38. The van der Waals surface area contributed by atoms with Gasteiger partial charge in [-0.3, -0.25) is 9.48 Å². The van der Waals surface area contributed by atoms with E-state index < -0.39 is 5.97 Å². The molecule has 5 rings (SSSR count). The number of hydrogen-bond donors (Lipinski definition) is 2. The summed E-state index contributed by atoms with van der Waals surface area (Å²) < 4.78 is 8.06. The number of ether oxygens (including phenoxy) is 1. The van der Waals surface area contributed by atoms with Gasteiger partial charge in [0.05, 0.1) is 11.4 Å². The molecule has 0 saturated carbocycles. The molecule has 2 atom stereocenters. The number of rotatable bonds is 7. The third-order valence-corrected chi connectivity index (χ3v) is 8.03. The maximum absolute atomic E-state index is 11.4. The van der Waals surface area contributed by atoms with Gasteiger partial charge in [0.25, 0.3) is 0 Å². The van der Waals surface area contributed by atoms with E-state index in [0.717, 1.165) is 58.6 Å². The molecule has 2 unspecified atom stereocenters. The zero-order chi connectivity index (χ0) is 25.4. The van der Waals surface area contributed by atoms with E-state index in [-0.39, 0.29) is 18.0 Å². The van der Waals surface area contributed by atoms with Crippen molar-refractivity contribution in [3.8, 4) is 5.75 Å². The fraction of sp³-hybridized carbons (Fsp3) is 0.429. The molecule has 1 saturated heterocycles. The van der Waals surface area contributed by atoms with Crippen LogP contribution in [0.4, 0.5) is 0 Å². The largest absolute Gasteiger partial charge is 0.489 e. The number of hydrogen-bond acceptors (Lipinski definition) is 4. The van der Waals surface area contributed by atoms with Gasteiger partial charge in [-0.15, -0.1) is 0 Å². The Balaban J connectivity index is 1.27. The van der Waals surface area contributed by atoms with Crippen LogP contribution in [0, 0.1) is 5.92 Å². The van der Waals surface area contributed by atoms with Crippen LogP contribution < -0.4 is 10.1 Å². The first-order valence-corrected chi connectivity index (χ1v) is 13.3. The Bertz CT molecular complexity index is 1330. The second-order valence-corrected chi connectivity index (χ2v) is 10.9. The van der Waals surface area contributed by atoms with Crippen molar-refractivity contribution in [1.82, 2.24) is 15.1 Å². The van der Waals surface area contributed by atoms with Gasteiger partial charge >= 0.3 is 5.97 Å². The summed E-state index contributed by atoms with van der Waals surface area (Å²) in [6.07, 6.45) is 3.90. The van der Waals surface area contributed by atoms with Crippen molar-refractivity contribution < 1.29 is 14.6 Å². The predicted octanol–water partition coefficient (Wildman–Crippen LogP) is 6.59. The molecule has 1 fully saturated rings. The second kappa shape index (κ2) is 10.4. The van der Waals surface area contributed by atoms with Gasteiger partial charge in [0.1, 0.15) is 12.4 Å². The monoisotopic (exact) mass is 527 g/mol.